The Kier molecular flexibility index (Phi) is 14.2. The highest BCUT2D eigenvalue weighted by atomic mass is 32.2. The molecule has 54 heavy (non-hydrogen) atoms. The first-order valence-corrected chi connectivity index (χ1v) is 20.9. The highest BCUT2D eigenvalue weighted by molar-refractivity contribution is 7.99. The van der Waals surface area contributed by atoms with E-state index in [1.807, 2.05) is 34.9 Å². The molecule has 3 aromatic rings. The third kappa shape index (κ3) is 10.1. The predicted molar refractivity (Wildman–Crippen MR) is 216 cm³/mol. The molecule has 3 aliphatic rings. The van der Waals surface area contributed by atoms with E-state index < -0.39 is 0 Å². The number of phenolic OH excluding ortho intramolecular Hbond substituents is 2. The van der Waals surface area contributed by atoms with Crippen LogP contribution in [0.1, 0.15) is 68.2 Å². The van der Waals surface area contributed by atoms with Crippen LogP contribution in [0.25, 0.3) is 0 Å². The predicted octanol–water partition coefficient (Wildman–Crippen LogP) is 5.97. The number of benzene rings is 3. The van der Waals surface area contributed by atoms with E-state index in [2.05, 4.69) is 65.8 Å². The van der Waals surface area contributed by atoms with Crippen LogP contribution in [-0.4, -0.2) is 108 Å². The molecule has 2 fully saturated rings. The van der Waals surface area contributed by atoms with Crippen LogP contribution in [0.15, 0.2) is 60.7 Å². The van der Waals surface area contributed by atoms with Gasteiger partial charge in [-0.15, -0.1) is 0 Å². The summed E-state index contributed by atoms with van der Waals surface area (Å²) in [5.41, 5.74) is 4.38. The van der Waals surface area contributed by atoms with Crippen LogP contribution in [0.4, 0.5) is 5.69 Å². The number of phenols is 2. The van der Waals surface area contributed by atoms with Gasteiger partial charge in [0.15, 0.2) is 12.4 Å². The molecule has 0 saturated carbocycles. The molecule has 10 nitrogen and oxygen atoms in total. The number of anilines is 1. The number of hydrogen-bond donors (Lipinski definition) is 4. The van der Waals surface area contributed by atoms with Crippen molar-refractivity contribution < 1.29 is 29.3 Å². The number of carbonyl (C=O) groups is 2. The van der Waals surface area contributed by atoms with Crippen molar-refractivity contribution >= 4 is 29.3 Å². The topological polar surface area (TPSA) is 124 Å². The molecule has 0 bridgehead atoms. The van der Waals surface area contributed by atoms with Crippen LogP contribution >= 0.6 is 11.8 Å². The summed E-state index contributed by atoms with van der Waals surface area (Å²) in [6, 6.07) is 20.6. The molecular weight excluding hydrogens is 701 g/mol. The van der Waals surface area contributed by atoms with Crippen molar-refractivity contribution in [3.63, 3.8) is 0 Å². The molecule has 6 rings (SSSR count). The number of ether oxygens (including phenoxy) is 2. The zero-order valence-corrected chi connectivity index (χ0v) is 32.8. The average Bonchev–Trinajstić information content (AvgIpc) is 3.19. The van der Waals surface area contributed by atoms with Crippen LogP contribution in [-0.2, 0) is 32.6 Å². The molecule has 0 unspecified atom stereocenters. The molecule has 0 atom stereocenters. The maximum absolute atomic E-state index is 13.6. The summed E-state index contributed by atoms with van der Waals surface area (Å²) in [6.07, 6.45) is 5.88. The first-order valence-electron chi connectivity index (χ1n) is 19.8. The summed E-state index contributed by atoms with van der Waals surface area (Å²) in [5.74, 6) is 3.52. The van der Waals surface area contributed by atoms with Gasteiger partial charge < -0.3 is 40.1 Å². The zero-order valence-electron chi connectivity index (χ0n) is 32.0. The van der Waals surface area contributed by atoms with Crippen LogP contribution in [0.5, 0.6) is 17.2 Å². The lowest BCUT2D eigenvalue weighted by Gasteiger charge is -2.44. The monoisotopic (exact) mass is 758 g/mol. The fourth-order valence-electron chi connectivity index (χ4n) is 8.16. The summed E-state index contributed by atoms with van der Waals surface area (Å²) in [4.78, 5) is 29.8. The van der Waals surface area contributed by atoms with Crippen molar-refractivity contribution in [2.24, 2.45) is 5.92 Å². The first-order chi connectivity index (χ1) is 26.2. The van der Waals surface area contributed by atoms with Crippen LogP contribution in [0.2, 0.25) is 0 Å². The van der Waals surface area contributed by atoms with E-state index in [1.165, 1.54) is 5.56 Å². The molecule has 3 aromatic carbocycles. The van der Waals surface area contributed by atoms with Crippen molar-refractivity contribution in [2.45, 2.75) is 70.3 Å². The number of piperidine rings is 1. The Morgan fingerprint density at radius 2 is 1.78 bits per heavy atom. The Labute approximate surface area is 325 Å². The van der Waals surface area contributed by atoms with Gasteiger partial charge in [0.05, 0.1) is 19.6 Å². The van der Waals surface area contributed by atoms with Gasteiger partial charge in [0.2, 0.25) is 5.91 Å². The molecule has 2 saturated heterocycles. The molecule has 4 N–H and O–H groups in total. The van der Waals surface area contributed by atoms with Gasteiger partial charge in [0.25, 0.3) is 5.91 Å². The lowest BCUT2D eigenvalue weighted by atomic mass is 9.67. The molecule has 0 aliphatic carbocycles. The van der Waals surface area contributed by atoms with Gasteiger partial charge in [-0.25, -0.2) is 0 Å². The average molecular weight is 759 g/mol. The summed E-state index contributed by atoms with van der Waals surface area (Å²) in [5, 5.41) is 27.5. The largest absolute Gasteiger partial charge is 0.508 e. The Balaban J connectivity index is 0.996. The number of fused-ring (bicyclic) bond motifs is 1. The summed E-state index contributed by atoms with van der Waals surface area (Å²) in [7, 11) is 0. The minimum atomic E-state index is -0.281. The third-order valence-corrected chi connectivity index (χ3v) is 12.5. The smallest absolute Gasteiger partial charge is 0.262 e. The summed E-state index contributed by atoms with van der Waals surface area (Å²) < 4.78 is 11.7. The van der Waals surface area contributed by atoms with Crippen molar-refractivity contribution in [3.8, 4) is 17.2 Å². The maximum Gasteiger partial charge on any atom is 0.262 e. The van der Waals surface area contributed by atoms with E-state index in [4.69, 9.17) is 9.47 Å². The van der Waals surface area contributed by atoms with Gasteiger partial charge in [-0.05, 0) is 118 Å². The molecule has 3 aliphatic heterocycles. The molecule has 11 heteroatoms. The molecule has 3 heterocycles. The molecule has 292 valence electrons. The molecule has 0 aromatic heterocycles. The number of amides is 2. The number of likely N-dealkylation sites (tertiary alicyclic amines) is 1. The second kappa shape index (κ2) is 19.2. The maximum atomic E-state index is 13.6. The molecule has 0 spiro atoms. The van der Waals surface area contributed by atoms with Gasteiger partial charge in [-0.2, -0.15) is 11.8 Å². The van der Waals surface area contributed by atoms with Gasteiger partial charge in [-0.3, -0.25) is 9.59 Å². The Morgan fingerprint density at radius 1 is 1.02 bits per heavy atom. The van der Waals surface area contributed by atoms with E-state index in [9.17, 15) is 19.8 Å². The second-order valence-electron chi connectivity index (χ2n) is 15.2. The number of aromatic hydroxyl groups is 2. The standard InChI is InChI=1S/C43H58N4O6S/c1-31(2)46-21-17-43(18-22-46,35-6-4-3-5-7-35)36-28-32(8-10-37(36)48)13-24-52-25-14-40(51)47(29-33-15-26-54-27-16-33)23-20-44-19-12-34-9-11-38(49)41-42(34)53-30-39(50)45-41/h3-11,28,31,33,44,48-49H,12-27,29-30H2,1-2H3,(H,45,50). The van der Waals surface area contributed by atoms with E-state index in [-0.39, 0.29) is 29.6 Å². The minimum absolute atomic E-state index is 0.00615. The van der Waals surface area contributed by atoms with E-state index in [0.29, 0.717) is 81.3 Å². The Morgan fingerprint density at radius 3 is 2.54 bits per heavy atom. The van der Waals surface area contributed by atoms with E-state index >= 15 is 0 Å². The fourth-order valence-corrected chi connectivity index (χ4v) is 9.36. The highest BCUT2D eigenvalue weighted by Gasteiger charge is 2.40. The van der Waals surface area contributed by atoms with Crippen LogP contribution in [0, 0.1) is 5.92 Å². The SMILES string of the molecule is CC(C)N1CCC(c2ccccc2)(c2cc(CCOCCC(=O)N(CCNCCc3ccc(O)c4c3OCC(=O)N4)CC3CCSCC3)ccc2O)CC1. The number of nitrogens with one attached hydrogen (secondary N) is 2. The third-order valence-electron chi connectivity index (χ3n) is 11.4. The fraction of sp³-hybridized carbons (Fsp3) is 0.535. The van der Waals surface area contributed by atoms with Crippen molar-refractivity contribution in [1.82, 2.24) is 15.1 Å². The Bertz CT molecular complexity index is 1690. The zero-order chi connectivity index (χ0) is 37.9. The van der Waals surface area contributed by atoms with E-state index in [1.54, 1.807) is 6.07 Å². The minimum Gasteiger partial charge on any atom is -0.508 e. The van der Waals surface area contributed by atoms with Crippen molar-refractivity contribution in [3.05, 3.63) is 82.9 Å². The number of hydrogen-bond acceptors (Lipinski definition) is 9. The van der Waals surface area contributed by atoms with Crippen molar-refractivity contribution in [1.29, 1.82) is 0 Å². The number of nitrogens with zero attached hydrogens (tertiary/aromatic N) is 2. The van der Waals surface area contributed by atoms with E-state index in [0.717, 1.165) is 73.5 Å². The molecule has 2 amide bonds. The second-order valence-corrected chi connectivity index (χ2v) is 16.4. The van der Waals surface area contributed by atoms with Crippen LogP contribution < -0.4 is 15.4 Å². The van der Waals surface area contributed by atoms with Crippen LogP contribution in [0.3, 0.4) is 0 Å². The summed E-state index contributed by atoms with van der Waals surface area (Å²) >= 11 is 1.99. The quantitative estimate of drug-likeness (QED) is 0.0975. The number of carbonyl (C=O) groups excluding carboxylic acids is 2. The summed E-state index contributed by atoms with van der Waals surface area (Å²) in [6.45, 7) is 10.0. The molecule has 0 radical (unpaired) electrons. The lowest BCUT2D eigenvalue weighted by molar-refractivity contribution is -0.133. The lowest BCUT2D eigenvalue weighted by Crippen LogP contribution is -2.45. The molecular formula is C43H58N4O6S. The van der Waals surface area contributed by atoms with Gasteiger partial charge in [-0.1, -0.05) is 48.5 Å². The van der Waals surface area contributed by atoms with Gasteiger partial charge in [0, 0.05) is 36.7 Å². The van der Waals surface area contributed by atoms with Gasteiger partial charge >= 0.3 is 0 Å². The number of thioether (sulfide) groups is 1. The Hall–Kier alpha value is -3.77. The van der Waals surface area contributed by atoms with Crippen molar-refractivity contribution in [2.75, 3.05) is 75.9 Å². The number of rotatable bonds is 17. The highest BCUT2D eigenvalue weighted by Crippen LogP contribution is 2.46. The normalized spacial score (nSPS) is 17.5. The van der Waals surface area contributed by atoms with Gasteiger partial charge in [0.1, 0.15) is 17.2 Å². The first kappa shape index (κ1) is 39.9.